The molecule has 0 saturated carbocycles. The molecule has 1 aromatic carbocycles. The SMILES string of the molecule is O=C(CN1CCN(C(=O)N2CCOCC2)CC1)NC(=O)NCc1ccccc1. The molecule has 0 spiro atoms. The first-order chi connectivity index (χ1) is 13.6. The molecular formula is C19H27N5O4. The molecule has 0 atom stereocenters. The number of hydrogen-bond acceptors (Lipinski definition) is 5. The van der Waals surface area contributed by atoms with Crippen LogP contribution in [0, 0.1) is 0 Å². The molecule has 1 aromatic rings. The molecule has 2 saturated heterocycles. The Labute approximate surface area is 164 Å². The number of imide groups is 1. The predicted octanol–water partition coefficient (Wildman–Crippen LogP) is 0.0822. The van der Waals surface area contributed by atoms with Crippen LogP contribution in [0.2, 0.25) is 0 Å². The molecule has 2 heterocycles. The Kier molecular flexibility index (Phi) is 7.21. The van der Waals surface area contributed by atoms with E-state index in [0.29, 0.717) is 59.0 Å². The fraction of sp³-hybridized carbons (Fsp3) is 0.526. The zero-order valence-corrected chi connectivity index (χ0v) is 15.9. The van der Waals surface area contributed by atoms with Gasteiger partial charge in [-0.3, -0.25) is 15.0 Å². The molecule has 152 valence electrons. The second kappa shape index (κ2) is 10.0. The van der Waals surface area contributed by atoms with Crippen LogP contribution in [0.15, 0.2) is 30.3 Å². The Morgan fingerprint density at radius 1 is 0.893 bits per heavy atom. The summed E-state index contributed by atoms with van der Waals surface area (Å²) in [6.07, 6.45) is 0. The van der Waals surface area contributed by atoms with Crippen molar-refractivity contribution in [1.29, 1.82) is 0 Å². The lowest BCUT2D eigenvalue weighted by Gasteiger charge is -2.38. The number of urea groups is 2. The topological polar surface area (TPSA) is 94.2 Å². The maximum atomic E-state index is 12.5. The maximum absolute atomic E-state index is 12.5. The number of amides is 5. The van der Waals surface area contributed by atoms with E-state index in [1.165, 1.54) is 0 Å². The van der Waals surface area contributed by atoms with Crippen LogP contribution < -0.4 is 10.6 Å². The van der Waals surface area contributed by atoms with Crippen molar-refractivity contribution < 1.29 is 19.1 Å². The van der Waals surface area contributed by atoms with E-state index in [0.717, 1.165) is 5.56 Å². The molecule has 28 heavy (non-hydrogen) atoms. The second-order valence-corrected chi connectivity index (χ2v) is 6.86. The van der Waals surface area contributed by atoms with E-state index < -0.39 is 6.03 Å². The van der Waals surface area contributed by atoms with Gasteiger partial charge in [0.05, 0.1) is 19.8 Å². The number of morpholine rings is 1. The van der Waals surface area contributed by atoms with Gasteiger partial charge in [0.1, 0.15) is 0 Å². The highest BCUT2D eigenvalue weighted by molar-refractivity contribution is 5.95. The Morgan fingerprint density at radius 3 is 2.21 bits per heavy atom. The van der Waals surface area contributed by atoms with E-state index in [9.17, 15) is 14.4 Å². The van der Waals surface area contributed by atoms with Gasteiger partial charge >= 0.3 is 12.1 Å². The lowest BCUT2D eigenvalue weighted by molar-refractivity contribution is -0.121. The summed E-state index contributed by atoms with van der Waals surface area (Å²) in [5.74, 6) is -0.349. The fourth-order valence-electron chi connectivity index (χ4n) is 3.24. The second-order valence-electron chi connectivity index (χ2n) is 6.86. The van der Waals surface area contributed by atoms with Crippen LogP contribution in [0.5, 0.6) is 0 Å². The van der Waals surface area contributed by atoms with Gasteiger partial charge in [-0.15, -0.1) is 0 Å². The van der Waals surface area contributed by atoms with Crippen LogP contribution in [0.25, 0.3) is 0 Å². The summed E-state index contributed by atoms with van der Waals surface area (Å²) < 4.78 is 5.27. The number of hydrogen-bond donors (Lipinski definition) is 2. The zero-order valence-electron chi connectivity index (χ0n) is 15.9. The third-order valence-corrected chi connectivity index (χ3v) is 4.84. The molecule has 2 fully saturated rings. The number of rotatable bonds is 4. The molecule has 0 aliphatic carbocycles. The van der Waals surface area contributed by atoms with Gasteiger partial charge in [0.25, 0.3) is 0 Å². The Hall–Kier alpha value is -2.65. The van der Waals surface area contributed by atoms with Crippen LogP contribution in [0.4, 0.5) is 9.59 Å². The van der Waals surface area contributed by atoms with Crippen LogP contribution in [0.3, 0.4) is 0 Å². The molecule has 5 amide bonds. The van der Waals surface area contributed by atoms with Crippen molar-refractivity contribution in [2.24, 2.45) is 0 Å². The van der Waals surface area contributed by atoms with E-state index in [-0.39, 0.29) is 18.5 Å². The lowest BCUT2D eigenvalue weighted by Crippen LogP contribution is -2.56. The molecule has 2 aliphatic heterocycles. The molecule has 9 nitrogen and oxygen atoms in total. The number of carbonyl (C=O) groups is 3. The zero-order chi connectivity index (χ0) is 19.8. The average Bonchev–Trinajstić information content (AvgIpc) is 2.73. The van der Waals surface area contributed by atoms with Gasteiger partial charge in [-0.05, 0) is 5.56 Å². The van der Waals surface area contributed by atoms with E-state index in [1.54, 1.807) is 0 Å². The molecular weight excluding hydrogens is 362 g/mol. The summed E-state index contributed by atoms with van der Waals surface area (Å²) in [5, 5.41) is 5.02. The molecule has 0 unspecified atom stereocenters. The van der Waals surface area contributed by atoms with Gasteiger partial charge in [0.15, 0.2) is 0 Å². The fourth-order valence-corrected chi connectivity index (χ4v) is 3.24. The van der Waals surface area contributed by atoms with E-state index in [2.05, 4.69) is 10.6 Å². The number of benzene rings is 1. The van der Waals surface area contributed by atoms with Gasteiger partial charge < -0.3 is 19.9 Å². The summed E-state index contributed by atoms with van der Waals surface area (Å²) in [4.78, 5) is 42.0. The number of nitrogens with one attached hydrogen (secondary N) is 2. The van der Waals surface area contributed by atoms with Gasteiger partial charge in [-0.1, -0.05) is 30.3 Å². The van der Waals surface area contributed by atoms with E-state index in [1.807, 2.05) is 45.0 Å². The summed E-state index contributed by atoms with van der Waals surface area (Å²) in [6, 6.07) is 9.02. The highest BCUT2D eigenvalue weighted by Crippen LogP contribution is 2.07. The molecule has 9 heteroatoms. The molecule has 2 aliphatic rings. The van der Waals surface area contributed by atoms with Crippen LogP contribution in [-0.2, 0) is 16.1 Å². The molecule has 2 N–H and O–H groups in total. The number of nitrogens with zero attached hydrogens (tertiary/aromatic N) is 3. The van der Waals surface area contributed by atoms with Crippen LogP contribution in [0.1, 0.15) is 5.56 Å². The van der Waals surface area contributed by atoms with Crippen LogP contribution in [-0.4, -0.2) is 91.7 Å². The highest BCUT2D eigenvalue weighted by atomic mass is 16.5. The predicted molar refractivity (Wildman–Crippen MR) is 103 cm³/mol. The van der Waals surface area contributed by atoms with Crippen molar-refractivity contribution >= 4 is 18.0 Å². The number of piperazine rings is 1. The van der Waals surface area contributed by atoms with Crippen molar-refractivity contribution in [1.82, 2.24) is 25.3 Å². The minimum absolute atomic E-state index is 0.0349. The molecule has 0 radical (unpaired) electrons. The average molecular weight is 389 g/mol. The van der Waals surface area contributed by atoms with Gasteiger partial charge in [-0.2, -0.15) is 0 Å². The molecule has 0 bridgehead atoms. The van der Waals surface area contributed by atoms with Gasteiger partial charge in [0.2, 0.25) is 5.91 Å². The third kappa shape index (κ3) is 5.93. The Balaban J connectivity index is 1.34. The van der Waals surface area contributed by atoms with Crippen molar-refractivity contribution in [3.63, 3.8) is 0 Å². The highest BCUT2D eigenvalue weighted by Gasteiger charge is 2.27. The number of carbonyl (C=O) groups excluding carboxylic acids is 3. The van der Waals surface area contributed by atoms with Crippen molar-refractivity contribution in [2.75, 3.05) is 59.0 Å². The normalized spacial score (nSPS) is 17.9. The van der Waals surface area contributed by atoms with E-state index >= 15 is 0 Å². The lowest BCUT2D eigenvalue weighted by atomic mass is 10.2. The van der Waals surface area contributed by atoms with Gasteiger partial charge in [0, 0.05) is 45.8 Å². The summed E-state index contributed by atoms with van der Waals surface area (Å²) in [7, 11) is 0. The van der Waals surface area contributed by atoms with Crippen molar-refractivity contribution in [3.8, 4) is 0 Å². The molecule has 3 rings (SSSR count). The summed E-state index contributed by atoms with van der Waals surface area (Å²) >= 11 is 0. The van der Waals surface area contributed by atoms with E-state index in [4.69, 9.17) is 4.74 Å². The maximum Gasteiger partial charge on any atom is 0.321 e. The summed E-state index contributed by atoms with van der Waals surface area (Å²) in [6.45, 7) is 5.27. The van der Waals surface area contributed by atoms with Crippen LogP contribution >= 0.6 is 0 Å². The van der Waals surface area contributed by atoms with Crippen molar-refractivity contribution in [3.05, 3.63) is 35.9 Å². The first kappa shape index (κ1) is 20.1. The monoisotopic (exact) mass is 389 g/mol. The van der Waals surface area contributed by atoms with Crippen molar-refractivity contribution in [2.45, 2.75) is 6.54 Å². The minimum Gasteiger partial charge on any atom is -0.378 e. The smallest absolute Gasteiger partial charge is 0.321 e. The first-order valence-corrected chi connectivity index (χ1v) is 9.57. The number of ether oxygens (including phenoxy) is 1. The molecule has 0 aromatic heterocycles. The first-order valence-electron chi connectivity index (χ1n) is 9.57. The van der Waals surface area contributed by atoms with Gasteiger partial charge in [-0.25, -0.2) is 9.59 Å². The minimum atomic E-state index is -0.505. The standard InChI is InChI=1S/C19H27N5O4/c25-17(21-18(26)20-14-16-4-2-1-3-5-16)15-22-6-8-23(9-7-22)19(27)24-10-12-28-13-11-24/h1-5H,6-15H2,(H2,20,21,25,26). The Bertz CT molecular complexity index is 670. The largest absolute Gasteiger partial charge is 0.378 e. The quantitative estimate of drug-likeness (QED) is 0.761. The summed E-state index contributed by atoms with van der Waals surface area (Å²) in [5.41, 5.74) is 0.964. The third-order valence-electron chi connectivity index (χ3n) is 4.84. The Morgan fingerprint density at radius 2 is 1.54 bits per heavy atom.